The summed E-state index contributed by atoms with van der Waals surface area (Å²) in [5.74, 6) is 8.49. The fourth-order valence-electron chi connectivity index (χ4n) is 2.40. The second-order valence-electron chi connectivity index (χ2n) is 5.41. The van der Waals surface area contributed by atoms with Crippen molar-refractivity contribution in [3.05, 3.63) is 42.0 Å². The number of benzene rings is 2. The Kier molecular flexibility index (Phi) is 5.90. The third-order valence-corrected chi connectivity index (χ3v) is 3.76. The Labute approximate surface area is 157 Å². The zero-order valence-corrected chi connectivity index (χ0v) is 15.0. The molecule has 1 heterocycles. The van der Waals surface area contributed by atoms with Crippen LogP contribution < -0.4 is 29.0 Å². The minimum Gasteiger partial charge on any atom is -0.493 e. The standard InChI is InChI=1S/C20H19NO6/c1-23-16-7-5-14(11-18(16)24-2)20(22)21-9-3-4-10-25-15-6-8-17-19(12-15)27-13-26-17/h5-8,11-12H,9-10,13H2,1-2H3,(H,21,22). The van der Waals surface area contributed by atoms with Crippen molar-refractivity contribution in [2.75, 3.05) is 34.2 Å². The highest BCUT2D eigenvalue weighted by Gasteiger charge is 2.13. The SMILES string of the molecule is COc1ccc(C(=O)NCC#CCOc2ccc3c(c2)OCO3)cc1OC. The molecule has 7 heteroatoms. The molecule has 0 fully saturated rings. The molecule has 0 spiro atoms. The Morgan fingerprint density at radius 1 is 1.04 bits per heavy atom. The van der Waals surface area contributed by atoms with E-state index in [1.807, 2.05) is 0 Å². The Morgan fingerprint density at radius 2 is 1.85 bits per heavy atom. The van der Waals surface area contributed by atoms with Crippen LogP contribution in [0.4, 0.5) is 0 Å². The van der Waals surface area contributed by atoms with E-state index in [4.69, 9.17) is 23.7 Å². The van der Waals surface area contributed by atoms with Crippen LogP contribution in [0.2, 0.25) is 0 Å². The molecule has 1 amide bonds. The van der Waals surface area contributed by atoms with Crippen LogP contribution in [0.5, 0.6) is 28.7 Å². The first-order valence-corrected chi connectivity index (χ1v) is 8.19. The van der Waals surface area contributed by atoms with Crippen LogP contribution in [0.25, 0.3) is 0 Å². The van der Waals surface area contributed by atoms with Gasteiger partial charge in [-0.3, -0.25) is 4.79 Å². The maximum Gasteiger partial charge on any atom is 0.252 e. The summed E-state index contributed by atoms with van der Waals surface area (Å²) in [4.78, 5) is 12.1. The predicted molar refractivity (Wildman–Crippen MR) is 97.7 cm³/mol. The number of methoxy groups -OCH3 is 2. The smallest absolute Gasteiger partial charge is 0.252 e. The van der Waals surface area contributed by atoms with Gasteiger partial charge in [0.05, 0.1) is 20.8 Å². The van der Waals surface area contributed by atoms with Crippen molar-refractivity contribution in [2.45, 2.75) is 0 Å². The number of carbonyl (C=O) groups excluding carboxylic acids is 1. The van der Waals surface area contributed by atoms with Crippen molar-refractivity contribution in [1.82, 2.24) is 5.32 Å². The van der Waals surface area contributed by atoms with E-state index in [1.165, 1.54) is 7.11 Å². The highest BCUT2D eigenvalue weighted by Crippen LogP contribution is 2.35. The minimum absolute atomic E-state index is 0.200. The number of ether oxygens (including phenoxy) is 5. The molecule has 1 aliphatic heterocycles. The molecule has 0 saturated carbocycles. The lowest BCUT2D eigenvalue weighted by Gasteiger charge is -2.09. The summed E-state index contributed by atoms with van der Waals surface area (Å²) in [6.07, 6.45) is 0. The van der Waals surface area contributed by atoms with Crippen LogP contribution in [0.3, 0.4) is 0 Å². The van der Waals surface area contributed by atoms with Gasteiger partial charge in [-0.05, 0) is 30.3 Å². The summed E-state index contributed by atoms with van der Waals surface area (Å²) < 4.78 is 26.4. The minimum atomic E-state index is -0.248. The quantitative estimate of drug-likeness (QED) is 0.787. The molecule has 0 unspecified atom stereocenters. The van der Waals surface area contributed by atoms with Gasteiger partial charge in [0.15, 0.2) is 23.0 Å². The van der Waals surface area contributed by atoms with Crippen LogP contribution in [0.15, 0.2) is 36.4 Å². The van der Waals surface area contributed by atoms with E-state index in [1.54, 1.807) is 43.5 Å². The largest absolute Gasteiger partial charge is 0.493 e. The van der Waals surface area contributed by atoms with Gasteiger partial charge in [0.1, 0.15) is 12.4 Å². The summed E-state index contributed by atoms with van der Waals surface area (Å²) in [7, 11) is 3.06. The number of hydrogen-bond acceptors (Lipinski definition) is 6. The molecule has 7 nitrogen and oxygen atoms in total. The molecule has 2 aromatic carbocycles. The third-order valence-electron chi connectivity index (χ3n) is 3.76. The molecule has 1 N–H and O–H groups in total. The Morgan fingerprint density at radius 3 is 2.67 bits per heavy atom. The summed E-state index contributed by atoms with van der Waals surface area (Å²) in [5.41, 5.74) is 0.464. The van der Waals surface area contributed by atoms with E-state index in [0.717, 1.165) is 0 Å². The van der Waals surface area contributed by atoms with E-state index >= 15 is 0 Å². The van der Waals surface area contributed by atoms with Crippen LogP contribution in [0, 0.1) is 11.8 Å². The molecule has 0 bridgehead atoms. The molecule has 0 aromatic heterocycles. The molecule has 0 aliphatic carbocycles. The maximum atomic E-state index is 12.1. The highest BCUT2D eigenvalue weighted by molar-refractivity contribution is 5.95. The van der Waals surface area contributed by atoms with Gasteiger partial charge >= 0.3 is 0 Å². The monoisotopic (exact) mass is 369 g/mol. The molecule has 27 heavy (non-hydrogen) atoms. The van der Waals surface area contributed by atoms with Gasteiger partial charge in [0.2, 0.25) is 6.79 Å². The van der Waals surface area contributed by atoms with Crippen LogP contribution in [0.1, 0.15) is 10.4 Å². The van der Waals surface area contributed by atoms with Gasteiger partial charge in [-0.15, -0.1) is 0 Å². The molecule has 0 atom stereocenters. The molecule has 0 radical (unpaired) electrons. The number of rotatable bonds is 6. The number of nitrogens with one attached hydrogen (secondary N) is 1. The van der Waals surface area contributed by atoms with E-state index in [0.29, 0.717) is 34.3 Å². The second-order valence-corrected chi connectivity index (χ2v) is 5.41. The van der Waals surface area contributed by atoms with Crippen LogP contribution >= 0.6 is 0 Å². The van der Waals surface area contributed by atoms with Gasteiger partial charge in [-0.25, -0.2) is 0 Å². The van der Waals surface area contributed by atoms with Crippen molar-refractivity contribution in [3.8, 4) is 40.6 Å². The lowest BCUT2D eigenvalue weighted by atomic mass is 10.2. The van der Waals surface area contributed by atoms with E-state index in [-0.39, 0.29) is 25.9 Å². The fourth-order valence-corrected chi connectivity index (χ4v) is 2.40. The van der Waals surface area contributed by atoms with E-state index in [2.05, 4.69) is 17.2 Å². The van der Waals surface area contributed by atoms with Gasteiger partial charge in [-0.2, -0.15) is 0 Å². The molecule has 0 saturated heterocycles. The molecular weight excluding hydrogens is 350 g/mol. The fraction of sp³-hybridized carbons (Fsp3) is 0.250. The van der Waals surface area contributed by atoms with Crippen molar-refractivity contribution in [1.29, 1.82) is 0 Å². The Hall–Kier alpha value is -3.53. The normalized spacial score (nSPS) is 11.2. The van der Waals surface area contributed by atoms with Gasteiger partial charge in [-0.1, -0.05) is 11.8 Å². The van der Waals surface area contributed by atoms with Crippen molar-refractivity contribution in [3.63, 3.8) is 0 Å². The number of amides is 1. The Balaban J connectivity index is 1.45. The average Bonchev–Trinajstić information content (AvgIpc) is 3.17. The summed E-state index contributed by atoms with van der Waals surface area (Å²) in [6.45, 7) is 0.627. The van der Waals surface area contributed by atoms with Gasteiger partial charge in [0.25, 0.3) is 5.91 Å². The molecule has 140 valence electrons. The lowest BCUT2D eigenvalue weighted by molar-refractivity contribution is 0.0958. The summed E-state index contributed by atoms with van der Waals surface area (Å²) >= 11 is 0. The lowest BCUT2D eigenvalue weighted by Crippen LogP contribution is -2.23. The maximum absolute atomic E-state index is 12.1. The van der Waals surface area contributed by atoms with E-state index in [9.17, 15) is 4.79 Å². The van der Waals surface area contributed by atoms with Crippen LogP contribution in [-0.2, 0) is 0 Å². The number of carbonyl (C=O) groups is 1. The molecule has 1 aliphatic rings. The topological polar surface area (TPSA) is 75.3 Å². The van der Waals surface area contributed by atoms with Gasteiger partial charge in [0, 0.05) is 11.6 Å². The van der Waals surface area contributed by atoms with Crippen molar-refractivity contribution >= 4 is 5.91 Å². The van der Waals surface area contributed by atoms with Crippen LogP contribution in [-0.4, -0.2) is 40.1 Å². The first-order valence-electron chi connectivity index (χ1n) is 8.19. The predicted octanol–water partition coefficient (Wildman–Crippen LogP) is 2.24. The second kappa shape index (κ2) is 8.72. The Bertz CT molecular complexity index is 884. The molecule has 2 aromatic rings. The van der Waals surface area contributed by atoms with Crippen molar-refractivity contribution < 1.29 is 28.5 Å². The number of fused-ring (bicyclic) bond motifs is 1. The highest BCUT2D eigenvalue weighted by atomic mass is 16.7. The number of hydrogen-bond donors (Lipinski definition) is 1. The summed E-state index contributed by atoms with van der Waals surface area (Å²) in [5, 5.41) is 2.72. The first kappa shape index (κ1) is 18.3. The van der Waals surface area contributed by atoms with Gasteiger partial charge < -0.3 is 29.0 Å². The molecule has 3 rings (SSSR count). The average molecular weight is 369 g/mol. The summed E-state index contributed by atoms with van der Waals surface area (Å²) in [6, 6.07) is 10.3. The first-order chi connectivity index (χ1) is 13.2. The zero-order valence-electron chi connectivity index (χ0n) is 15.0. The van der Waals surface area contributed by atoms with E-state index < -0.39 is 0 Å². The third kappa shape index (κ3) is 4.55. The molecular formula is C20H19NO6. The zero-order chi connectivity index (χ0) is 19.1. The van der Waals surface area contributed by atoms with Crippen molar-refractivity contribution in [2.24, 2.45) is 0 Å².